The minimum absolute atomic E-state index is 0.359. The van der Waals surface area contributed by atoms with Gasteiger partial charge < -0.3 is 4.74 Å². The number of benzene rings is 1. The van der Waals surface area contributed by atoms with E-state index in [9.17, 15) is 4.79 Å². The van der Waals surface area contributed by atoms with Crippen molar-refractivity contribution in [3.8, 4) is 5.75 Å². The summed E-state index contributed by atoms with van der Waals surface area (Å²) in [6, 6.07) is 7.97. The van der Waals surface area contributed by atoms with Gasteiger partial charge in [-0.25, -0.2) is 4.79 Å². The van der Waals surface area contributed by atoms with E-state index in [1.165, 1.54) is 12.8 Å². The third-order valence-corrected chi connectivity index (χ3v) is 4.00. The fourth-order valence-corrected chi connectivity index (χ4v) is 2.51. The summed E-state index contributed by atoms with van der Waals surface area (Å²) in [5.74, 6) is 1.62. The minimum atomic E-state index is -0.359. The molecule has 0 unspecified atom stereocenters. The van der Waals surface area contributed by atoms with Crippen LogP contribution in [0.2, 0.25) is 0 Å². The second-order valence-electron chi connectivity index (χ2n) is 5.34. The normalized spacial score (nSPS) is 20.7. The molecule has 0 spiro atoms. The van der Waals surface area contributed by atoms with Gasteiger partial charge in [0.1, 0.15) is 11.3 Å². The number of ether oxygens (including phenoxy) is 1. The van der Waals surface area contributed by atoms with Crippen molar-refractivity contribution in [1.82, 2.24) is 0 Å². The Hall–Kier alpha value is -1.60. The second kappa shape index (κ2) is 4.58. The van der Waals surface area contributed by atoms with Crippen molar-refractivity contribution < 1.29 is 9.53 Å². The van der Waals surface area contributed by atoms with Crippen LogP contribution < -0.4 is 4.74 Å². The summed E-state index contributed by atoms with van der Waals surface area (Å²) >= 11 is 0. The number of isocyanates is 1. The van der Waals surface area contributed by atoms with Crippen LogP contribution in [0.3, 0.4) is 0 Å². The topological polar surface area (TPSA) is 38.7 Å². The highest BCUT2D eigenvalue weighted by Crippen LogP contribution is 2.48. The minimum Gasteiger partial charge on any atom is -0.493 e. The van der Waals surface area contributed by atoms with E-state index < -0.39 is 0 Å². The molecular weight excluding hydrogens is 226 g/mol. The van der Waals surface area contributed by atoms with Gasteiger partial charge in [-0.2, -0.15) is 4.99 Å². The fourth-order valence-electron chi connectivity index (χ4n) is 2.51. The number of hydrogen-bond acceptors (Lipinski definition) is 3. The molecule has 0 aliphatic heterocycles. The van der Waals surface area contributed by atoms with Crippen LogP contribution in [0.15, 0.2) is 29.3 Å². The third kappa shape index (κ3) is 2.06. The Morgan fingerprint density at radius 2 is 2.11 bits per heavy atom. The maximum Gasteiger partial charge on any atom is 0.235 e. The average Bonchev–Trinajstić information content (AvgIpc) is 3.16. The van der Waals surface area contributed by atoms with Gasteiger partial charge in [0.05, 0.1) is 6.61 Å². The zero-order valence-corrected chi connectivity index (χ0v) is 10.4. The predicted octanol–water partition coefficient (Wildman–Crippen LogP) is 3.19. The Balaban J connectivity index is 1.86. The van der Waals surface area contributed by atoms with Crippen molar-refractivity contribution in [2.75, 3.05) is 6.61 Å². The predicted molar refractivity (Wildman–Crippen MR) is 68.3 cm³/mol. The lowest BCUT2D eigenvalue weighted by atomic mass is 9.72. The van der Waals surface area contributed by atoms with Crippen molar-refractivity contribution in [2.24, 2.45) is 10.9 Å². The van der Waals surface area contributed by atoms with Gasteiger partial charge in [0.2, 0.25) is 6.08 Å². The van der Waals surface area contributed by atoms with Crippen LogP contribution in [0, 0.1) is 5.92 Å². The van der Waals surface area contributed by atoms with E-state index in [1.807, 2.05) is 24.3 Å². The molecule has 2 saturated carbocycles. The maximum absolute atomic E-state index is 10.6. The highest BCUT2D eigenvalue weighted by molar-refractivity contribution is 5.45. The first-order valence-corrected chi connectivity index (χ1v) is 6.65. The third-order valence-electron chi connectivity index (χ3n) is 4.00. The molecule has 0 aromatic heterocycles. The van der Waals surface area contributed by atoms with Gasteiger partial charge in [-0.1, -0.05) is 18.2 Å². The quantitative estimate of drug-likeness (QED) is 0.588. The second-order valence-corrected chi connectivity index (χ2v) is 5.34. The smallest absolute Gasteiger partial charge is 0.235 e. The summed E-state index contributed by atoms with van der Waals surface area (Å²) in [7, 11) is 0. The van der Waals surface area contributed by atoms with E-state index >= 15 is 0 Å². The van der Waals surface area contributed by atoms with Crippen molar-refractivity contribution in [1.29, 1.82) is 0 Å². The van der Waals surface area contributed by atoms with Gasteiger partial charge in [-0.05, 0) is 44.1 Å². The molecule has 0 amide bonds. The number of carbonyl (C=O) groups excluding carboxylic acids is 1. The largest absolute Gasteiger partial charge is 0.493 e. The maximum atomic E-state index is 10.6. The van der Waals surface area contributed by atoms with Crippen LogP contribution in [0.25, 0.3) is 0 Å². The summed E-state index contributed by atoms with van der Waals surface area (Å²) in [6.45, 7) is 0.790. The van der Waals surface area contributed by atoms with Crippen LogP contribution in [0.4, 0.5) is 0 Å². The summed E-state index contributed by atoms with van der Waals surface area (Å²) in [6.07, 6.45) is 7.25. The molecule has 0 radical (unpaired) electrons. The Morgan fingerprint density at radius 3 is 2.72 bits per heavy atom. The fraction of sp³-hybridized carbons (Fsp3) is 0.533. The van der Waals surface area contributed by atoms with Crippen molar-refractivity contribution in [3.63, 3.8) is 0 Å². The zero-order chi connectivity index (χ0) is 12.4. The monoisotopic (exact) mass is 243 g/mol. The van der Waals surface area contributed by atoms with Crippen molar-refractivity contribution in [3.05, 3.63) is 29.8 Å². The summed E-state index contributed by atoms with van der Waals surface area (Å²) < 4.78 is 5.90. The van der Waals surface area contributed by atoms with Crippen LogP contribution in [0.1, 0.15) is 37.7 Å². The molecule has 3 heteroatoms. The lowest BCUT2D eigenvalue weighted by molar-refractivity contribution is 0.233. The zero-order valence-electron chi connectivity index (χ0n) is 10.4. The number of nitrogens with zero attached hydrogens (tertiary/aromatic N) is 1. The molecule has 2 aliphatic rings. The van der Waals surface area contributed by atoms with E-state index in [2.05, 4.69) is 4.99 Å². The molecule has 0 bridgehead atoms. The number of para-hydroxylation sites is 1. The van der Waals surface area contributed by atoms with Crippen LogP contribution in [0.5, 0.6) is 5.75 Å². The lowest BCUT2D eigenvalue weighted by Gasteiger charge is -2.38. The number of hydrogen-bond donors (Lipinski definition) is 0. The first kappa shape index (κ1) is 11.5. The van der Waals surface area contributed by atoms with Gasteiger partial charge in [-0.15, -0.1) is 0 Å². The van der Waals surface area contributed by atoms with Gasteiger partial charge in [0.25, 0.3) is 0 Å². The Morgan fingerprint density at radius 1 is 1.33 bits per heavy atom. The molecule has 0 atom stereocenters. The van der Waals surface area contributed by atoms with Crippen molar-refractivity contribution in [2.45, 2.75) is 37.6 Å². The highest BCUT2D eigenvalue weighted by Gasteiger charge is 2.41. The van der Waals surface area contributed by atoms with Gasteiger partial charge >= 0.3 is 0 Å². The molecule has 0 heterocycles. The molecule has 1 aromatic carbocycles. The summed E-state index contributed by atoms with van der Waals surface area (Å²) in [4.78, 5) is 14.7. The van der Waals surface area contributed by atoms with E-state index in [0.717, 1.165) is 43.1 Å². The van der Waals surface area contributed by atoms with Crippen LogP contribution in [-0.4, -0.2) is 12.7 Å². The van der Waals surface area contributed by atoms with E-state index in [-0.39, 0.29) is 5.54 Å². The molecule has 2 fully saturated rings. The Kier molecular flexibility index (Phi) is 2.92. The molecular formula is C15H17NO2. The Labute approximate surface area is 107 Å². The molecule has 1 aromatic rings. The van der Waals surface area contributed by atoms with Crippen LogP contribution >= 0.6 is 0 Å². The average molecular weight is 243 g/mol. The SMILES string of the molecule is O=C=NC1(c2ccccc2OCC2CC2)CCC1. The molecule has 0 N–H and O–H groups in total. The number of aliphatic imine (C=N–C) groups is 1. The van der Waals surface area contributed by atoms with Crippen molar-refractivity contribution >= 4 is 6.08 Å². The lowest BCUT2D eigenvalue weighted by Crippen LogP contribution is -2.32. The molecule has 0 saturated heterocycles. The standard InChI is InChI=1S/C15H17NO2/c17-11-16-15(8-3-9-15)13-4-1-2-5-14(13)18-10-12-6-7-12/h1-2,4-5,12H,3,6-10H2. The molecule has 3 rings (SSSR count). The summed E-state index contributed by atoms with van der Waals surface area (Å²) in [5, 5.41) is 0. The first-order chi connectivity index (χ1) is 8.84. The van der Waals surface area contributed by atoms with Crippen LogP contribution in [-0.2, 0) is 10.3 Å². The molecule has 18 heavy (non-hydrogen) atoms. The summed E-state index contributed by atoms with van der Waals surface area (Å²) in [5.41, 5.74) is 0.697. The molecule has 94 valence electrons. The Bertz CT molecular complexity index is 483. The van der Waals surface area contributed by atoms with Gasteiger partial charge in [0, 0.05) is 5.56 Å². The number of rotatable bonds is 5. The molecule has 3 nitrogen and oxygen atoms in total. The molecule has 2 aliphatic carbocycles. The highest BCUT2D eigenvalue weighted by atomic mass is 16.5. The van der Waals surface area contributed by atoms with Gasteiger partial charge in [0.15, 0.2) is 0 Å². The van der Waals surface area contributed by atoms with E-state index in [0.29, 0.717) is 0 Å². The first-order valence-electron chi connectivity index (χ1n) is 6.65. The van der Waals surface area contributed by atoms with Gasteiger partial charge in [-0.3, -0.25) is 0 Å². The van der Waals surface area contributed by atoms with E-state index in [1.54, 1.807) is 6.08 Å². The van der Waals surface area contributed by atoms with E-state index in [4.69, 9.17) is 4.74 Å².